The first kappa shape index (κ1) is 38.2. The summed E-state index contributed by atoms with van der Waals surface area (Å²) < 4.78 is 0. The van der Waals surface area contributed by atoms with Gasteiger partial charge in [-0.15, -0.1) is 26.3 Å². The van der Waals surface area contributed by atoms with Crippen LogP contribution in [0.5, 0.6) is 0 Å². The lowest BCUT2D eigenvalue weighted by Gasteiger charge is -2.28. The van der Waals surface area contributed by atoms with Gasteiger partial charge < -0.3 is 29.6 Å². The summed E-state index contributed by atoms with van der Waals surface area (Å²) in [6, 6.07) is 8.76. The summed E-state index contributed by atoms with van der Waals surface area (Å²) in [6.07, 6.45) is 42.5. The van der Waals surface area contributed by atoms with Crippen LogP contribution in [0.1, 0.15) is 45.0 Å². The van der Waals surface area contributed by atoms with E-state index in [1.807, 2.05) is 24.3 Å². The van der Waals surface area contributed by atoms with Crippen LogP contribution in [0, 0.1) is 0 Å². The first-order valence-corrected chi connectivity index (χ1v) is 20.7. The average molecular weight is 787 g/mol. The number of hydrogen-bond donors (Lipinski definition) is 2. The molecule has 0 aromatic carbocycles. The molecule has 0 spiro atoms. The second kappa shape index (κ2) is 16.9. The van der Waals surface area contributed by atoms with E-state index in [0.29, 0.717) is 26.2 Å². The molecule has 6 aliphatic rings. The van der Waals surface area contributed by atoms with Gasteiger partial charge in [0.15, 0.2) is 0 Å². The highest BCUT2D eigenvalue weighted by Gasteiger charge is 2.26. The fourth-order valence-corrected chi connectivity index (χ4v) is 8.77. The first-order valence-electron chi connectivity index (χ1n) is 20.7. The molecule has 8 nitrogen and oxygen atoms in total. The van der Waals surface area contributed by atoms with Crippen molar-refractivity contribution in [3.63, 3.8) is 0 Å². The number of nitrogens with one attached hydrogen (secondary N) is 2. The Morgan fingerprint density at radius 1 is 0.417 bits per heavy atom. The molecule has 0 aliphatic carbocycles. The van der Waals surface area contributed by atoms with Gasteiger partial charge >= 0.3 is 0 Å². The van der Waals surface area contributed by atoms with Crippen LogP contribution in [0.25, 0.3) is 69.2 Å². The normalized spacial score (nSPS) is 16.8. The molecule has 0 fully saturated rings. The zero-order chi connectivity index (χ0) is 41.0. The highest BCUT2D eigenvalue weighted by molar-refractivity contribution is 5.96. The lowest BCUT2D eigenvalue weighted by Crippen LogP contribution is -2.25. The second-order valence-electron chi connectivity index (χ2n) is 15.2. The minimum absolute atomic E-state index is 0.696. The number of aromatic nitrogens is 4. The molecule has 3 aromatic heterocycles. The number of allylic oxidation sites excluding steroid dienone is 8. The van der Waals surface area contributed by atoms with E-state index < -0.39 is 0 Å². The molecule has 8 heteroatoms. The summed E-state index contributed by atoms with van der Waals surface area (Å²) in [4.78, 5) is 28.3. The van der Waals surface area contributed by atoms with Crippen molar-refractivity contribution in [3.05, 3.63) is 193 Å². The average Bonchev–Trinajstić information content (AvgIpc) is 4.12. The van der Waals surface area contributed by atoms with Gasteiger partial charge in [0.25, 0.3) is 0 Å². The summed E-state index contributed by atoms with van der Waals surface area (Å²) in [7, 11) is 0. The minimum Gasteiger partial charge on any atom is -0.363 e. The van der Waals surface area contributed by atoms with Crippen LogP contribution in [0.15, 0.2) is 148 Å². The van der Waals surface area contributed by atoms with Gasteiger partial charge in [0.2, 0.25) is 0 Å². The smallest absolute Gasteiger partial charge is 0.0752 e. The lowest BCUT2D eigenvalue weighted by atomic mass is 10.1. The van der Waals surface area contributed by atoms with Crippen molar-refractivity contribution in [2.24, 2.45) is 0 Å². The Morgan fingerprint density at radius 3 is 0.900 bits per heavy atom. The van der Waals surface area contributed by atoms with Crippen molar-refractivity contribution in [3.8, 4) is 0 Å². The number of rotatable bonds is 12. The molecule has 8 bridgehead atoms. The van der Waals surface area contributed by atoms with E-state index in [-0.39, 0.29) is 0 Å². The maximum absolute atomic E-state index is 5.56. The van der Waals surface area contributed by atoms with Crippen molar-refractivity contribution in [2.45, 2.75) is 0 Å². The Hall–Kier alpha value is -7.32. The van der Waals surface area contributed by atoms with Gasteiger partial charge in [0.05, 0.1) is 44.8 Å². The standard InChI is InChI=1S/C52H50N8/c1-5-29-57-33-13-9-17-45(57)49-37-21-23-39(53-37)50(46-18-10-14-34-58(46)30-6-2)41-25-27-43(55-41)52(48-20-12-16-36-60(48)32-8-4)44-28-26-42(56-44)51(40-24-22-38(49)54-40)47-19-11-15-35-59(47)31-7-3/h5-28,53,56H,1-4,29-36H2. The molecule has 6 aliphatic heterocycles. The largest absolute Gasteiger partial charge is 0.363 e. The maximum atomic E-state index is 5.56. The zero-order valence-electron chi connectivity index (χ0n) is 34.0. The van der Waals surface area contributed by atoms with E-state index >= 15 is 0 Å². The molecule has 2 N–H and O–H groups in total. The molecule has 298 valence electrons. The molecule has 0 saturated carbocycles. The summed E-state index contributed by atoms with van der Waals surface area (Å²) in [5.74, 6) is 0. The van der Waals surface area contributed by atoms with Crippen LogP contribution in [0.2, 0.25) is 0 Å². The first-order chi connectivity index (χ1) is 29.6. The van der Waals surface area contributed by atoms with Gasteiger partial charge in [-0.2, -0.15) is 0 Å². The number of H-pyrrole nitrogens is 2. The van der Waals surface area contributed by atoms with Crippen LogP contribution in [-0.4, -0.2) is 91.9 Å². The number of nitrogens with zero attached hydrogens (tertiary/aromatic N) is 6. The third kappa shape index (κ3) is 7.11. The summed E-state index contributed by atoms with van der Waals surface area (Å²) in [5.41, 5.74) is 15.8. The summed E-state index contributed by atoms with van der Waals surface area (Å²) in [6.45, 7) is 22.3. The Morgan fingerprint density at radius 2 is 0.667 bits per heavy atom. The van der Waals surface area contributed by atoms with Crippen LogP contribution in [0.4, 0.5) is 0 Å². The SMILES string of the molecule is C=CCN1CC=CC=C1c1c2nc(c(C3=CC=CCN3CC=C)c3ccc([nH]3)c(C3=CC=CCN3CC=C)c3nc(c(C4=CC=CCN4CC=C)c4ccc1[nH]4)C=C3)C=C2. The van der Waals surface area contributed by atoms with Gasteiger partial charge in [-0.3, -0.25) is 0 Å². The van der Waals surface area contributed by atoms with Gasteiger partial charge in [0, 0.05) is 97.4 Å². The minimum atomic E-state index is 0.696. The third-order valence-electron chi connectivity index (χ3n) is 11.4. The molecule has 9 rings (SSSR count). The fourth-order valence-electron chi connectivity index (χ4n) is 8.77. The lowest BCUT2D eigenvalue weighted by molar-refractivity contribution is 0.483. The Kier molecular flexibility index (Phi) is 10.7. The van der Waals surface area contributed by atoms with Crippen LogP contribution in [0.3, 0.4) is 0 Å². The Bertz CT molecular complexity index is 2390. The van der Waals surface area contributed by atoms with Crippen molar-refractivity contribution in [1.82, 2.24) is 39.5 Å². The van der Waals surface area contributed by atoms with E-state index in [4.69, 9.17) is 9.97 Å². The highest BCUT2D eigenvalue weighted by Crippen LogP contribution is 2.38. The van der Waals surface area contributed by atoms with Crippen molar-refractivity contribution in [1.29, 1.82) is 0 Å². The fraction of sp³-hybridized carbons (Fsp3) is 0.154. The topological polar surface area (TPSA) is 70.3 Å². The monoisotopic (exact) mass is 786 g/mol. The van der Waals surface area contributed by atoms with Crippen LogP contribution in [-0.2, 0) is 0 Å². The molecular weight excluding hydrogens is 737 g/mol. The number of hydrogen-bond acceptors (Lipinski definition) is 6. The molecule has 0 radical (unpaired) electrons. The maximum Gasteiger partial charge on any atom is 0.0752 e. The molecule has 60 heavy (non-hydrogen) atoms. The Balaban J connectivity index is 1.45. The van der Waals surface area contributed by atoms with E-state index in [0.717, 1.165) is 116 Å². The van der Waals surface area contributed by atoms with Crippen LogP contribution >= 0.6 is 0 Å². The van der Waals surface area contributed by atoms with Crippen molar-refractivity contribution in [2.75, 3.05) is 52.4 Å². The van der Waals surface area contributed by atoms with Gasteiger partial charge in [-0.1, -0.05) is 72.9 Å². The van der Waals surface area contributed by atoms with Crippen molar-refractivity contribution >= 4 is 69.2 Å². The molecule has 0 amide bonds. The van der Waals surface area contributed by atoms with E-state index in [2.05, 4.69) is 177 Å². The van der Waals surface area contributed by atoms with Gasteiger partial charge in [-0.05, 0) is 72.9 Å². The number of fused-ring (bicyclic) bond motifs is 8. The second-order valence-corrected chi connectivity index (χ2v) is 15.2. The van der Waals surface area contributed by atoms with E-state index in [1.54, 1.807) is 0 Å². The Labute approximate surface area is 352 Å². The van der Waals surface area contributed by atoms with Crippen LogP contribution < -0.4 is 0 Å². The molecule has 9 heterocycles. The molecule has 0 atom stereocenters. The molecular formula is C52H50N8. The predicted molar refractivity (Wildman–Crippen MR) is 254 cm³/mol. The van der Waals surface area contributed by atoms with E-state index in [1.165, 1.54) is 0 Å². The number of aromatic amines is 2. The predicted octanol–water partition coefficient (Wildman–Crippen LogP) is 10.3. The zero-order valence-corrected chi connectivity index (χ0v) is 34.0. The highest BCUT2D eigenvalue weighted by atomic mass is 15.2. The third-order valence-corrected chi connectivity index (χ3v) is 11.4. The van der Waals surface area contributed by atoms with Gasteiger partial charge in [-0.25, -0.2) is 9.97 Å². The quantitative estimate of drug-likeness (QED) is 0.123. The van der Waals surface area contributed by atoms with Crippen molar-refractivity contribution < 1.29 is 0 Å². The molecule has 3 aromatic rings. The summed E-state index contributed by atoms with van der Waals surface area (Å²) in [5, 5.41) is 0. The summed E-state index contributed by atoms with van der Waals surface area (Å²) >= 11 is 0. The molecule has 0 unspecified atom stereocenters. The van der Waals surface area contributed by atoms with E-state index in [9.17, 15) is 0 Å². The molecule has 0 saturated heterocycles. The van der Waals surface area contributed by atoms with Gasteiger partial charge in [0.1, 0.15) is 0 Å².